The smallest absolute Gasteiger partial charge is 0.223 e. The standard InChI is InChI=1S/C21H24N4OS2/c1-14-12-28-20-19(14)22-13-23-21(20)24-6-2-15(3-7-24)10-18(26)25-8-4-17-16(11-25)5-9-27-17/h5,9,12-13,15H,2-4,6-8,10-11H2,1H3. The van der Waals surface area contributed by atoms with Gasteiger partial charge >= 0.3 is 0 Å². The molecule has 0 aromatic carbocycles. The number of hydrogen-bond acceptors (Lipinski definition) is 6. The molecule has 0 aliphatic carbocycles. The number of hydrogen-bond donors (Lipinski definition) is 0. The molecule has 0 N–H and O–H groups in total. The first-order valence-electron chi connectivity index (χ1n) is 9.96. The number of amides is 1. The van der Waals surface area contributed by atoms with Crippen molar-refractivity contribution in [3.8, 4) is 0 Å². The van der Waals surface area contributed by atoms with Crippen molar-refractivity contribution in [1.29, 1.82) is 0 Å². The highest BCUT2D eigenvalue weighted by Crippen LogP contribution is 2.33. The van der Waals surface area contributed by atoms with Crippen molar-refractivity contribution in [3.63, 3.8) is 0 Å². The van der Waals surface area contributed by atoms with Crippen LogP contribution in [0.4, 0.5) is 5.82 Å². The second-order valence-electron chi connectivity index (χ2n) is 7.86. The molecule has 0 bridgehead atoms. The first-order chi connectivity index (χ1) is 13.7. The van der Waals surface area contributed by atoms with E-state index in [1.807, 2.05) is 11.3 Å². The van der Waals surface area contributed by atoms with E-state index in [1.54, 1.807) is 17.7 Å². The van der Waals surface area contributed by atoms with Crippen LogP contribution < -0.4 is 4.90 Å². The van der Waals surface area contributed by atoms with Crippen LogP contribution in [0.25, 0.3) is 10.2 Å². The number of thiophene rings is 2. The Kier molecular flexibility index (Phi) is 4.80. The van der Waals surface area contributed by atoms with E-state index in [0.717, 1.165) is 56.8 Å². The third-order valence-electron chi connectivity index (χ3n) is 6.05. The molecular formula is C21H24N4OS2. The summed E-state index contributed by atoms with van der Waals surface area (Å²) in [5, 5.41) is 4.30. The number of carbonyl (C=O) groups excluding carboxylic acids is 1. The van der Waals surface area contributed by atoms with Crippen molar-refractivity contribution in [3.05, 3.63) is 39.2 Å². The molecule has 0 saturated carbocycles. The van der Waals surface area contributed by atoms with E-state index in [0.29, 0.717) is 18.2 Å². The number of fused-ring (bicyclic) bond motifs is 2. The van der Waals surface area contributed by atoms with Crippen molar-refractivity contribution in [2.45, 2.75) is 39.2 Å². The van der Waals surface area contributed by atoms with E-state index >= 15 is 0 Å². The lowest BCUT2D eigenvalue weighted by molar-refractivity contribution is -0.133. The van der Waals surface area contributed by atoms with Crippen LogP contribution in [0.2, 0.25) is 0 Å². The maximum atomic E-state index is 12.8. The van der Waals surface area contributed by atoms with Gasteiger partial charge in [-0.1, -0.05) is 0 Å². The molecule has 1 saturated heterocycles. The number of rotatable bonds is 3. The molecule has 2 aliphatic heterocycles. The normalized spacial score (nSPS) is 17.9. The summed E-state index contributed by atoms with van der Waals surface area (Å²) >= 11 is 3.56. The van der Waals surface area contributed by atoms with E-state index < -0.39 is 0 Å². The largest absolute Gasteiger partial charge is 0.355 e. The topological polar surface area (TPSA) is 49.3 Å². The van der Waals surface area contributed by atoms with Gasteiger partial charge in [0.15, 0.2) is 0 Å². The molecule has 3 aromatic heterocycles. The van der Waals surface area contributed by atoms with Gasteiger partial charge in [-0.2, -0.15) is 0 Å². The molecule has 1 amide bonds. The zero-order valence-corrected chi connectivity index (χ0v) is 17.7. The van der Waals surface area contributed by atoms with Crippen molar-refractivity contribution in [1.82, 2.24) is 14.9 Å². The predicted octanol–water partition coefficient (Wildman–Crippen LogP) is 4.25. The van der Waals surface area contributed by atoms with E-state index in [4.69, 9.17) is 0 Å². The Balaban J connectivity index is 1.20. The number of nitrogens with zero attached hydrogens (tertiary/aromatic N) is 4. The van der Waals surface area contributed by atoms with Crippen LogP contribution in [0.15, 0.2) is 23.2 Å². The van der Waals surface area contributed by atoms with E-state index in [-0.39, 0.29) is 0 Å². The second kappa shape index (κ2) is 7.44. The highest BCUT2D eigenvalue weighted by Gasteiger charge is 2.27. The van der Waals surface area contributed by atoms with Crippen molar-refractivity contribution in [2.24, 2.45) is 5.92 Å². The molecule has 0 atom stereocenters. The molecule has 146 valence electrons. The van der Waals surface area contributed by atoms with Gasteiger partial charge in [-0.05, 0) is 60.1 Å². The van der Waals surface area contributed by atoms with Crippen LogP contribution in [0.1, 0.15) is 35.3 Å². The Bertz CT molecular complexity index is 1000. The van der Waals surface area contributed by atoms with Crippen LogP contribution in [0, 0.1) is 12.8 Å². The lowest BCUT2D eigenvalue weighted by atomic mass is 9.92. The van der Waals surface area contributed by atoms with Gasteiger partial charge in [-0.15, -0.1) is 22.7 Å². The summed E-state index contributed by atoms with van der Waals surface area (Å²) in [7, 11) is 0. The van der Waals surface area contributed by atoms with Gasteiger partial charge in [0.05, 0.1) is 10.2 Å². The summed E-state index contributed by atoms with van der Waals surface area (Å²) in [6.45, 7) is 5.72. The Hall–Kier alpha value is -1.99. The average Bonchev–Trinajstić information content (AvgIpc) is 3.35. The fraction of sp³-hybridized carbons (Fsp3) is 0.476. The minimum atomic E-state index is 0.327. The third kappa shape index (κ3) is 3.31. The van der Waals surface area contributed by atoms with E-state index in [9.17, 15) is 4.79 Å². The van der Waals surface area contributed by atoms with Crippen LogP contribution in [-0.4, -0.2) is 40.4 Å². The molecule has 0 radical (unpaired) electrons. The lowest BCUT2D eigenvalue weighted by Crippen LogP contribution is -2.39. The maximum Gasteiger partial charge on any atom is 0.223 e. The van der Waals surface area contributed by atoms with Crippen molar-refractivity contribution < 1.29 is 4.79 Å². The van der Waals surface area contributed by atoms with E-state index in [2.05, 4.69) is 43.5 Å². The Morgan fingerprint density at radius 2 is 2.07 bits per heavy atom. The lowest BCUT2D eigenvalue weighted by Gasteiger charge is -2.34. The molecular weight excluding hydrogens is 388 g/mol. The summed E-state index contributed by atoms with van der Waals surface area (Å²) in [4.78, 5) is 27.7. The number of aromatic nitrogens is 2. The Morgan fingerprint density at radius 1 is 1.21 bits per heavy atom. The summed E-state index contributed by atoms with van der Waals surface area (Å²) < 4.78 is 1.19. The van der Waals surface area contributed by atoms with Crippen LogP contribution in [0.3, 0.4) is 0 Å². The predicted molar refractivity (Wildman–Crippen MR) is 115 cm³/mol. The number of piperidine rings is 1. The summed E-state index contributed by atoms with van der Waals surface area (Å²) in [6, 6.07) is 2.17. The number of aryl methyl sites for hydroxylation is 1. The van der Waals surface area contributed by atoms with Crippen LogP contribution >= 0.6 is 22.7 Å². The monoisotopic (exact) mass is 412 g/mol. The molecule has 5 nitrogen and oxygen atoms in total. The fourth-order valence-corrected chi connectivity index (χ4v) is 6.28. The molecule has 5 rings (SSSR count). The fourth-order valence-electron chi connectivity index (χ4n) is 4.37. The molecule has 0 spiro atoms. The molecule has 0 unspecified atom stereocenters. The van der Waals surface area contributed by atoms with Gasteiger partial charge in [0, 0.05) is 37.5 Å². The molecule has 5 heterocycles. The highest BCUT2D eigenvalue weighted by molar-refractivity contribution is 7.18. The second-order valence-corrected chi connectivity index (χ2v) is 9.74. The minimum Gasteiger partial charge on any atom is -0.355 e. The Morgan fingerprint density at radius 3 is 2.93 bits per heavy atom. The molecule has 3 aromatic rings. The quantitative estimate of drug-likeness (QED) is 0.645. The zero-order chi connectivity index (χ0) is 19.1. The third-order valence-corrected chi connectivity index (χ3v) is 8.16. The molecule has 28 heavy (non-hydrogen) atoms. The highest BCUT2D eigenvalue weighted by atomic mass is 32.1. The van der Waals surface area contributed by atoms with Gasteiger partial charge in [-0.25, -0.2) is 9.97 Å². The molecule has 2 aliphatic rings. The van der Waals surface area contributed by atoms with Gasteiger partial charge < -0.3 is 9.80 Å². The maximum absolute atomic E-state index is 12.8. The first-order valence-corrected chi connectivity index (χ1v) is 11.7. The van der Waals surface area contributed by atoms with Gasteiger partial charge in [0.1, 0.15) is 12.1 Å². The minimum absolute atomic E-state index is 0.327. The summed E-state index contributed by atoms with van der Waals surface area (Å²) in [5.74, 6) is 1.87. The van der Waals surface area contributed by atoms with E-state index in [1.165, 1.54) is 20.7 Å². The number of anilines is 1. The number of carbonyl (C=O) groups is 1. The average molecular weight is 413 g/mol. The van der Waals surface area contributed by atoms with Crippen molar-refractivity contribution in [2.75, 3.05) is 24.5 Å². The Labute approximate surface area is 173 Å². The van der Waals surface area contributed by atoms with Gasteiger partial charge in [0.25, 0.3) is 0 Å². The molecule has 1 fully saturated rings. The summed E-state index contributed by atoms with van der Waals surface area (Å²) in [6.07, 6.45) is 5.49. The summed E-state index contributed by atoms with van der Waals surface area (Å²) in [5.41, 5.74) is 3.64. The van der Waals surface area contributed by atoms with Gasteiger partial charge in [-0.3, -0.25) is 4.79 Å². The molecule has 7 heteroatoms. The SMILES string of the molecule is Cc1csc2c(N3CCC(CC(=O)N4CCc5sccc5C4)CC3)ncnc12. The zero-order valence-electron chi connectivity index (χ0n) is 16.1. The first kappa shape index (κ1) is 18.1. The van der Waals surface area contributed by atoms with Gasteiger partial charge in [0.2, 0.25) is 5.91 Å². The van der Waals surface area contributed by atoms with Crippen LogP contribution in [-0.2, 0) is 17.8 Å². The van der Waals surface area contributed by atoms with Crippen molar-refractivity contribution >= 4 is 44.6 Å². The van der Waals surface area contributed by atoms with Crippen LogP contribution in [0.5, 0.6) is 0 Å².